The fraction of sp³-hybridized carbons (Fsp3) is 0.519. The highest BCUT2D eigenvalue weighted by Crippen LogP contribution is 2.61. The minimum Gasteiger partial charge on any atom is -0.461 e. The number of esters is 1. The Morgan fingerprint density at radius 2 is 1.91 bits per heavy atom. The fourth-order valence-corrected chi connectivity index (χ4v) is 8.10. The number of ether oxygens (including phenoxy) is 1. The maximum atomic E-state index is 14.2. The quantitative estimate of drug-likeness (QED) is 0.481. The zero-order valence-corrected chi connectivity index (χ0v) is 20.9. The highest BCUT2D eigenvalue weighted by atomic mass is 32.2. The van der Waals surface area contributed by atoms with Crippen LogP contribution in [-0.4, -0.2) is 74.5 Å². The van der Waals surface area contributed by atoms with Gasteiger partial charge in [0.25, 0.3) is 0 Å². The summed E-state index contributed by atoms with van der Waals surface area (Å²) in [6, 6.07) is 8.50. The summed E-state index contributed by atoms with van der Waals surface area (Å²) in [5.74, 6) is -1.91. The number of aliphatic hydroxyl groups excluding tert-OH is 1. The van der Waals surface area contributed by atoms with E-state index in [1.165, 1.54) is 11.8 Å². The predicted molar refractivity (Wildman–Crippen MR) is 133 cm³/mol. The number of fused-ring (bicyclic) bond motifs is 2. The lowest BCUT2D eigenvalue weighted by molar-refractivity contribution is -0.152. The fourth-order valence-electron chi connectivity index (χ4n) is 6.11. The highest BCUT2D eigenvalue weighted by molar-refractivity contribution is 8.02. The number of aliphatic hydroxyl groups is 1. The van der Waals surface area contributed by atoms with Crippen LogP contribution in [0.1, 0.15) is 25.8 Å². The molecule has 0 aromatic heterocycles. The summed E-state index contributed by atoms with van der Waals surface area (Å²) in [6.45, 7) is 4.88. The van der Waals surface area contributed by atoms with Gasteiger partial charge in [0.1, 0.15) is 12.6 Å². The van der Waals surface area contributed by atoms with Crippen molar-refractivity contribution in [3.05, 3.63) is 60.2 Å². The Labute approximate surface area is 210 Å². The number of carbonyl (C=O) groups is 3. The summed E-state index contributed by atoms with van der Waals surface area (Å²) >= 11 is 1.53. The number of nitrogens with zero attached hydrogens (tertiary/aromatic N) is 2. The maximum absolute atomic E-state index is 14.2. The minimum atomic E-state index is -0.889. The molecule has 0 bridgehead atoms. The lowest BCUT2D eigenvalue weighted by Crippen LogP contribution is -2.56. The van der Waals surface area contributed by atoms with Gasteiger partial charge < -0.3 is 19.6 Å². The van der Waals surface area contributed by atoms with Crippen molar-refractivity contribution in [1.82, 2.24) is 9.80 Å². The first kappa shape index (κ1) is 24.1. The highest BCUT2D eigenvalue weighted by Gasteiger charge is 2.71. The molecule has 5 rings (SSSR count). The molecule has 8 heteroatoms. The third kappa shape index (κ3) is 4.00. The van der Waals surface area contributed by atoms with E-state index < -0.39 is 28.7 Å². The second kappa shape index (κ2) is 9.47. The van der Waals surface area contributed by atoms with Crippen LogP contribution in [0.15, 0.2) is 54.6 Å². The number of likely N-dealkylation sites (tertiary alicyclic amines) is 1. The Morgan fingerprint density at radius 1 is 1.14 bits per heavy atom. The van der Waals surface area contributed by atoms with Gasteiger partial charge in [-0.05, 0) is 17.9 Å². The van der Waals surface area contributed by atoms with Gasteiger partial charge >= 0.3 is 5.97 Å². The van der Waals surface area contributed by atoms with Crippen molar-refractivity contribution in [3.8, 4) is 0 Å². The van der Waals surface area contributed by atoms with Crippen molar-refractivity contribution in [2.75, 3.05) is 19.8 Å². The molecule has 6 atom stereocenters. The second-order valence-electron chi connectivity index (χ2n) is 10.2. The van der Waals surface area contributed by atoms with Gasteiger partial charge in [0, 0.05) is 18.3 Å². The van der Waals surface area contributed by atoms with Crippen LogP contribution in [0, 0.1) is 17.8 Å². The van der Waals surface area contributed by atoms with Crippen molar-refractivity contribution in [2.45, 2.75) is 48.9 Å². The van der Waals surface area contributed by atoms with Gasteiger partial charge in [0.2, 0.25) is 11.8 Å². The van der Waals surface area contributed by atoms with Crippen LogP contribution in [0.2, 0.25) is 0 Å². The Kier molecular flexibility index (Phi) is 6.53. The van der Waals surface area contributed by atoms with Crippen molar-refractivity contribution in [1.29, 1.82) is 0 Å². The summed E-state index contributed by atoms with van der Waals surface area (Å²) < 4.78 is 4.53. The lowest BCUT2D eigenvalue weighted by atomic mass is 9.78. The topological polar surface area (TPSA) is 87.2 Å². The first-order valence-electron chi connectivity index (χ1n) is 12.3. The summed E-state index contributed by atoms with van der Waals surface area (Å²) in [4.78, 5) is 44.8. The maximum Gasteiger partial charge on any atom is 0.311 e. The Bertz CT molecular complexity index is 1060. The standard InChI is InChI=1S/C27H32N2O5S/c1-17(2)14-19(16-30)29-23-25(32)28(15-18-8-4-3-5-9-18)12-7-11-27(23)22(24(29)31)21-20(35-27)10-6-13-34-26(21)33/h3-11,17,19-23,30H,12-16H2,1-2H3/t19-,20+,21-,22+,23?,27+/m1/s1. The number of hydrogen-bond acceptors (Lipinski definition) is 6. The minimum absolute atomic E-state index is 0.141. The molecule has 1 spiro atoms. The van der Waals surface area contributed by atoms with E-state index in [2.05, 4.69) is 0 Å². The van der Waals surface area contributed by atoms with Crippen molar-refractivity contribution in [2.24, 2.45) is 17.8 Å². The summed E-state index contributed by atoms with van der Waals surface area (Å²) in [5.41, 5.74) is 1.01. The molecule has 4 aliphatic rings. The molecule has 2 amide bonds. The largest absolute Gasteiger partial charge is 0.461 e. The normalized spacial score (nSPS) is 32.7. The molecule has 0 radical (unpaired) electrons. The molecule has 1 N–H and O–H groups in total. The molecule has 186 valence electrons. The van der Waals surface area contributed by atoms with E-state index in [1.807, 2.05) is 68.5 Å². The Hall–Kier alpha value is -2.58. The van der Waals surface area contributed by atoms with Crippen LogP contribution in [0.3, 0.4) is 0 Å². The molecule has 2 fully saturated rings. The van der Waals surface area contributed by atoms with Crippen LogP contribution in [0.5, 0.6) is 0 Å². The molecule has 2 saturated heterocycles. The molecule has 7 nitrogen and oxygen atoms in total. The van der Waals surface area contributed by atoms with Gasteiger partial charge in [0.05, 0.1) is 29.2 Å². The average molecular weight is 497 g/mol. The van der Waals surface area contributed by atoms with Crippen molar-refractivity contribution < 1.29 is 24.2 Å². The van der Waals surface area contributed by atoms with E-state index in [4.69, 9.17) is 4.74 Å². The molecule has 0 aliphatic carbocycles. The summed E-state index contributed by atoms with van der Waals surface area (Å²) in [5, 5.41) is 10.1. The SMILES string of the molecule is CC(C)C[C@H](CO)N1C(=O)[C@@H]2[C@@H]3C(=O)OCC=C[C@@H]3S[C@@]23C=CCN(Cc2ccccc2)C(=O)C13. The predicted octanol–water partition coefficient (Wildman–Crippen LogP) is 2.40. The molecule has 0 saturated carbocycles. The van der Waals surface area contributed by atoms with Crippen LogP contribution >= 0.6 is 11.8 Å². The number of benzene rings is 1. The first-order chi connectivity index (χ1) is 16.9. The van der Waals surface area contributed by atoms with Crippen LogP contribution in [-0.2, 0) is 25.7 Å². The van der Waals surface area contributed by atoms with Crippen molar-refractivity contribution in [3.63, 3.8) is 0 Å². The molecular formula is C27H32N2O5S. The molecular weight excluding hydrogens is 464 g/mol. The van der Waals surface area contributed by atoms with Crippen LogP contribution < -0.4 is 0 Å². The Balaban J connectivity index is 1.59. The Morgan fingerprint density at radius 3 is 2.63 bits per heavy atom. The van der Waals surface area contributed by atoms with E-state index in [1.54, 1.807) is 9.80 Å². The average Bonchev–Trinajstić information content (AvgIpc) is 3.15. The number of rotatable bonds is 6. The second-order valence-corrected chi connectivity index (χ2v) is 11.7. The zero-order valence-electron chi connectivity index (χ0n) is 20.1. The number of hydrogen-bond donors (Lipinski definition) is 1. The van der Waals surface area contributed by atoms with Gasteiger partial charge in [0.15, 0.2) is 0 Å². The molecule has 1 aromatic carbocycles. The van der Waals surface area contributed by atoms with Crippen LogP contribution in [0.4, 0.5) is 0 Å². The van der Waals surface area contributed by atoms with E-state index >= 15 is 0 Å². The van der Waals surface area contributed by atoms with E-state index in [-0.39, 0.29) is 42.2 Å². The molecule has 1 unspecified atom stereocenters. The van der Waals surface area contributed by atoms with Crippen LogP contribution in [0.25, 0.3) is 0 Å². The monoisotopic (exact) mass is 496 g/mol. The number of cyclic esters (lactones) is 1. The number of carbonyl (C=O) groups excluding carboxylic acids is 3. The van der Waals surface area contributed by atoms with E-state index in [9.17, 15) is 19.5 Å². The molecule has 4 aliphatic heterocycles. The van der Waals surface area contributed by atoms with Crippen molar-refractivity contribution >= 4 is 29.5 Å². The third-order valence-corrected chi connectivity index (χ3v) is 9.24. The van der Waals surface area contributed by atoms with E-state index in [0.29, 0.717) is 19.5 Å². The molecule has 4 heterocycles. The summed E-state index contributed by atoms with van der Waals surface area (Å²) in [7, 11) is 0. The van der Waals surface area contributed by atoms with Gasteiger partial charge in [-0.15, -0.1) is 11.8 Å². The van der Waals surface area contributed by atoms with E-state index in [0.717, 1.165) is 5.56 Å². The number of thioether (sulfide) groups is 1. The van der Waals surface area contributed by atoms with Gasteiger partial charge in [-0.3, -0.25) is 14.4 Å². The van der Waals surface area contributed by atoms with Gasteiger partial charge in [-0.1, -0.05) is 68.5 Å². The zero-order chi connectivity index (χ0) is 24.7. The first-order valence-corrected chi connectivity index (χ1v) is 13.2. The van der Waals surface area contributed by atoms with Gasteiger partial charge in [-0.2, -0.15) is 0 Å². The number of amides is 2. The molecule has 35 heavy (non-hydrogen) atoms. The third-order valence-electron chi connectivity index (χ3n) is 7.50. The lowest BCUT2D eigenvalue weighted by Gasteiger charge is -2.39. The molecule has 1 aromatic rings. The smallest absolute Gasteiger partial charge is 0.311 e. The summed E-state index contributed by atoms with van der Waals surface area (Å²) in [6.07, 6.45) is 8.30. The van der Waals surface area contributed by atoms with Gasteiger partial charge in [-0.25, -0.2) is 0 Å².